The molecule has 0 aliphatic rings. The highest BCUT2D eigenvalue weighted by Crippen LogP contribution is 2.12. The van der Waals surface area contributed by atoms with Crippen molar-refractivity contribution in [3.8, 4) is 5.75 Å². The maximum absolute atomic E-state index is 5.23. The van der Waals surface area contributed by atoms with Gasteiger partial charge in [-0.1, -0.05) is 12.1 Å². The summed E-state index contributed by atoms with van der Waals surface area (Å²) in [6.07, 6.45) is 2.95. The summed E-state index contributed by atoms with van der Waals surface area (Å²) in [6, 6.07) is 8.22. The van der Waals surface area contributed by atoms with E-state index < -0.39 is 0 Å². The van der Waals surface area contributed by atoms with Gasteiger partial charge in [0.2, 0.25) is 0 Å². The molecule has 0 saturated heterocycles. The van der Waals surface area contributed by atoms with E-state index in [0.717, 1.165) is 31.8 Å². The van der Waals surface area contributed by atoms with Crippen LogP contribution in [0.25, 0.3) is 0 Å². The van der Waals surface area contributed by atoms with E-state index in [1.54, 1.807) is 7.11 Å². The van der Waals surface area contributed by atoms with E-state index in [9.17, 15) is 0 Å². The van der Waals surface area contributed by atoms with Gasteiger partial charge in [-0.2, -0.15) is 5.10 Å². The lowest BCUT2D eigenvalue weighted by molar-refractivity contribution is 0.414. The maximum Gasteiger partial charge on any atom is 0.119 e. The van der Waals surface area contributed by atoms with E-state index in [0.29, 0.717) is 0 Å². The topological polar surface area (TPSA) is 39.1 Å². The standard InChI is InChI=1S/C16H23N3O/c1-4-19-13(2)15(12-18-19)11-17-9-8-14-6-5-7-16(10-14)20-3/h5-7,10,12,17H,4,8-9,11H2,1-3H3. The summed E-state index contributed by atoms with van der Waals surface area (Å²) in [5, 5.41) is 7.83. The summed E-state index contributed by atoms with van der Waals surface area (Å²) in [4.78, 5) is 0. The lowest BCUT2D eigenvalue weighted by atomic mass is 10.1. The van der Waals surface area contributed by atoms with Crippen LogP contribution in [0.15, 0.2) is 30.5 Å². The minimum absolute atomic E-state index is 0.871. The van der Waals surface area contributed by atoms with Crippen LogP contribution in [-0.2, 0) is 19.5 Å². The number of aromatic nitrogens is 2. The van der Waals surface area contributed by atoms with E-state index in [1.165, 1.54) is 16.8 Å². The van der Waals surface area contributed by atoms with Crippen molar-refractivity contribution < 1.29 is 4.74 Å². The molecule has 0 bridgehead atoms. The van der Waals surface area contributed by atoms with Gasteiger partial charge in [0.1, 0.15) is 5.75 Å². The molecule has 2 aromatic rings. The number of methoxy groups -OCH3 is 1. The van der Waals surface area contributed by atoms with E-state index in [2.05, 4.69) is 36.4 Å². The van der Waals surface area contributed by atoms with E-state index in [4.69, 9.17) is 4.74 Å². The molecule has 1 aromatic carbocycles. The largest absolute Gasteiger partial charge is 0.497 e. The van der Waals surface area contributed by atoms with Crippen LogP contribution in [0.1, 0.15) is 23.7 Å². The number of nitrogens with one attached hydrogen (secondary N) is 1. The second-order valence-corrected chi connectivity index (χ2v) is 4.85. The number of aryl methyl sites for hydroxylation is 1. The van der Waals surface area contributed by atoms with Gasteiger partial charge in [-0.15, -0.1) is 0 Å². The van der Waals surface area contributed by atoms with Crippen molar-refractivity contribution in [1.82, 2.24) is 15.1 Å². The van der Waals surface area contributed by atoms with Crippen molar-refractivity contribution in [2.75, 3.05) is 13.7 Å². The fourth-order valence-electron chi connectivity index (χ4n) is 2.26. The molecule has 0 radical (unpaired) electrons. The minimum atomic E-state index is 0.871. The van der Waals surface area contributed by atoms with Crippen LogP contribution < -0.4 is 10.1 Å². The van der Waals surface area contributed by atoms with Gasteiger partial charge in [-0.05, 0) is 44.5 Å². The van der Waals surface area contributed by atoms with E-state index in [1.807, 2.05) is 23.0 Å². The Morgan fingerprint density at radius 3 is 2.90 bits per heavy atom. The fourth-order valence-corrected chi connectivity index (χ4v) is 2.26. The smallest absolute Gasteiger partial charge is 0.119 e. The van der Waals surface area contributed by atoms with Gasteiger partial charge >= 0.3 is 0 Å². The predicted molar refractivity (Wildman–Crippen MR) is 81.0 cm³/mol. The minimum Gasteiger partial charge on any atom is -0.497 e. The van der Waals surface area contributed by atoms with Gasteiger partial charge in [0, 0.05) is 24.3 Å². The van der Waals surface area contributed by atoms with Crippen molar-refractivity contribution in [2.45, 2.75) is 33.4 Å². The monoisotopic (exact) mass is 273 g/mol. The zero-order chi connectivity index (χ0) is 14.4. The quantitative estimate of drug-likeness (QED) is 0.788. The molecule has 1 aromatic heterocycles. The summed E-state index contributed by atoms with van der Waals surface area (Å²) in [7, 11) is 1.70. The van der Waals surface area contributed by atoms with Crippen molar-refractivity contribution in [3.05, 3.63) is 47.3 Å². The Bertz CT molecular complexity index is 548. The van der Waals surface area contributed by atoms with Gasteiger partial charge in [-0.25, -0.2) is 0 Å². The Morgan fingerprint density at radius 1 is 1.35 bits per heavy atom. The van der Waals surface area contributed by atoms with Gasteiger partial charge in [0.05, 0.1) is 13.3 Å². The molecular weight excluding hydrogens is 250 g/mol. The first-order chi connectivity index (χ1) is 9.74. The highest BCUT2D eigenvalue weighted by atomic mass is 16.5. The Labute approximate surface area is 120 Å². The van der Waals surface area contributed by atoms with Crippen molar-refractivity contribution in [1.29, 1.82) is 0 Å². The Morgan fingerprint density at radius 2 is 2.20 bits per heavy atom. The number of hydrogen-bond donors (Lipinski definition) is 1. The molecule has 4 nitrogen and oxygen atoms in total. The number of hydrogen-bond acceptors (Lipinski definition) is 3. The lowest BCUT2D eigenvalue weighted by Gasteiger charge is -2.07. The summed E-state index contributed by atoms with van der Waals surface area (Å²) in [6.45, 7) is 6.98. The van der Waals surface area contributed by atoms with Crippen LogP contribution in [0.4, 0.5) is 0 Å². The number of ether oxygens (including phenoxy) is 1. The van der Waals surface area contributed by atoms with Gasteiger partial charge in [0.15, 0.2) is 0 Å². The molecule has 2 rings (SSSR count). The third-order valence-corrected chi connectivity index (χ3v) is 3.54. The second kappa shape index (κ2) is 7.10. The second-order valence-electron chi connectivity index (χ2n) is 4.85. The first-order valence-electron chi connectivity index (χ1n) is 7.09. The predicted octanol–water partition coefficient (Wildman–Crippen LogP) is 2.55. The Balaban J connectivity index is 1.79. The molecule has 0 spiro atoms. The molecular formula is C16H23N3O. The molecule has 1 heterocycles. The van der Waals surface area contributed by atoms with Crippen LogP contribution in [0.5, 0.6) is 5.75 Å². The molecule has 0 fully saturated rings. The molecule has 0 saturated carbocycles. The molecule has 0 unspecified atom stereocenters. The van der Waals surface area contributed by atoms with Gasteiger partial charge < -0.3 is 10.1 Å². The van der Waals surface area contributed by atoms with Gasteiger partial charge in [0.25, 0.3) is 0 Å². The van der Waals surface area contributed by atoms with Crippen molar-refractivity contribution >= 4 is 0 Å². The van der Waals surface area contributed by atoms with Crippen molar-refractivity contribution in [3.63, 3.8) is 0 Å². The number of benzene rings is 1. The van der Waals surface area contributed by atoms with Crippen molar-refractivity contribution in [2.24, 2.45) is 0 Å². The van der Waals surface area contributed by atoms with E-state index in [-0.39, 0.29) is 0 Å². The number of rotatable bonds is 7. The maximum atomic E-state index is 5.23. The molecule has 0 aliphatic carbocycles. The average Bonchev–Trinajstić information content (AvgIpc) is 2.84. The molecule has 108 valence electrons. The summed E-state index contributed by atoms with van der Waals surface area (Å²) < 4.78 is 7.26. The SMILES string of the molecule is CCn1ncc(CNCCc2cccc(OC)c2)c1C. The molecule has 1 N–H and O–H groups in total. The van der Waals surface area contributed by atoms with Gasteiger partial charge in [-0.3, -0.25) is 4.68 Å². The van der Waals surface area contributed by atoms with Crippen LogP contribution in [0.3, 0.4) is 0 Å². The molecule has 0 amide bonds. The first-order valence-corrected chi connectivity index (χ1v) is 7.09. The van der Waals surface area contributed by atoms with Crippen LogP contribution in [0, 0.1) is 6.92 Å². The molecule has 0 atom stereocenters. The Hall–Kier alpha value is -1.81. The lowest BCUT2D eigenvalue weighted by Crippen LogP contribution is -2.17. The van der Waals surface area contributed by atoms with Crippen LogP contribution >= 0.6 is 0 Å². The summed E-state index contributed by atoms with van der Waals surface area (Å²) >= 11 is 0. The average molecular weight is 273 g/mol. The third kappa shape index (κ3) is 3.61. The zero-order valence-electron chi connectivity index (χ0n) is 12.5. The molecule has 0 aliphatic heterocycles. The zero-order valence-corrected chi connectivity index (χ0v) is 12.5. The highest BCUT2D eigenvalue weighted by Gasteiger charge is 2.04. The van der Waals surface area contributed by atoms with E-state index >= 15 is 0 Å². The molecule has 4 heteroatoms. The fraction of sp³-hybridized carbons (Fsp3) is 0.438. The first kappa shape index (κ1) is 14.6. The van der Waals surface area contributed by atoms with Crippen LogP contribution in [0.2, 0.25) is 0 Å². The van der Waals surface area contributed by atoms with Crippen LogP contribution in [-0.4, -0.2) is 23.4 Å². The summed E-state index contributed by atoms with van der Waals surface area (Å²) in [5.74, 6) is 0.919. The number of nitrogens with zero attached hydrogens (tertiary/aromatic N) is 2. The molecule has 20 heavy (non-hydrogen) atoms. The normalized spacial score (nSPS) is 10.8. The highest BCUT2D eigenvalue weighted by molar-refractivity contribution is 5.28. The third-order valence-electron chi connectivity index (χ3n) is 3.54. The summed E-state index contributed by atoms with van der Waals surface area (Å²) in [5.41, 5.74) is 3.82. The Kier molecular flexibility index (Phi) is 5.18.